The molecule has 1 aliphatic heterocycles. The van der Waals surface area contributed by atoms with Crippen LogP contribution in [0.1, 0.15) is 32.6 Å². The monoisotopic (exact) mass is 240 g/mol. The number of nitrogens with zero attached hydrogens (tertiary/aromatic N) is 1. The Hall–Kier alpha value is -0.610. The van der Waals surface area contributed by atoms with E-state index in [1.54, 1.807) is 7.11 Å². The first kappa shape index (κ1) is 12.8. The fraction of sp³-hybridized carbons (Fsp3) is 0.923. The Morgan fingerprint density at radius 3 is 2.82 bits per heavy atom. The second-order valence-corrected chi connectivity index (χ2v) is 5.41. The molecule has 2 rings (SSSR count). The molecule has 4 nitrogen and oxygen atoms in total. The Morgan fingerprint density at radius 1 is 1.53 bits per heavy atom. The lowest BCUT2D eigenvalue weighted by atomic mass is 10.1. The smallest absolute Gasteiger partial charge is 0.222 e. The van der Waals surface area contributed by atoms with E-state index in [9.17, 15) is 4.79 Å². The molecule has 0 aromatic carbocycles. The van der Waals surface area contributed by atoms with Crippen molar-refractivity contribution in [2.45, 2.75) is 44.7 Å². The van der Waals surface area contributed by atoms with E-state index in [2.05, 4.69) is 12.2 Å². The van der Waals surface area contributed by atoms with Gasteiger partial charge >= 0.3 is 0 Å². The topological polar surface area (TPSA) is 41.6 Å². The summed E-state index contributed by atoms with van der Waals surface area (Å²) in [5.74, 6) is 1.10. The van der Waals surface area contributed by atoms with E-state index in [-0.39, 0.29) is 0 Å². The fourth-order valence-corrected chi connectivity index (χ4v) is 2.64. The van der Waals surface area contributed by atoms with Crippen molar-refractivity contribution in [3.8, 4) is 0 Å². The lowest BCUT2D eigenvalue weighted by Gasteiger charge is -2.26. The summed E-state index contributed by atoms with van der Waals surface area (Å²) in [7, 11) is 1.76. The highest BCUT2D eigenvalue weighted by Crippen LogP contribution is 2.32. The summed E-state index contributed by atoms with van der Waals surface area (Å²) < 4.78 is 5.25. The summed E-state index contributed by atoms with van der Waals surface area (Å²) >= 11 is 0. The van der Waals surface area contributed by atoms with Crippen LogP contribution in [0.25, 0.3) is 0 Å². The van der Waals surface area contributed by atoms with Gasteiger partial charge < -0.3 is 15.0 Å². The number of hydrogen-bond donors (Lipinski definition) is 1. The van der Waals surface area contributed by atoms with E-state index in [1.807, 2.05) is 4.90 Å². The van der Waals surface area contributed by atoms with E-state index in [0.29, 0.717) is 18.0 Å². The minimum atomic E-state index is 0.313. The van der Waals surface area contributed by atoms with Crippen molar-refractivity contribution in [3.63, 3.8) is 0 Å². The first-order valence-corrected chi connectivity index (χ1v) is 6.73. The molecule has 2 atom stereocenters. The minimum absolute atomic E-state index is 0.313. The number of likely N-dealkylation sites (tertiary alicyclic amines) is 1. The summed E-state index contributed by atoms with van der Waals surface area (Å²) in [6.07, 6.45) is 4.39. The van der Waals surface area contributed by atoms with E-state index in [1.165, 1.54) is 12.8 Å². The standard InChI is InChI=1S/C13H24N2O2/c1-10(8-15-7-3-4-13(15)16)14-12(9-17-2)11-5-6-11/h10-12,14H,3-9H2,1-2H3. The molecule has 1 amide bonds. The van der Waals surface area contributed by atoms with Gasteiger partial charge in [0.15, 0.2) is 0 Å². The van der Waals surface area contributed by atoms with Crippen molar-refractivity contribution >= 4 is 5.91 Å². The van der Waals surface area contributed by atoms with Crippen LogP contribution < -0.4 is 5.32 Å². The third kappa shape index (κ3) is 3.68. The predicted octanol–water partition coefficient (Wildman–Crippen LogP) is 1.01. The van der Waals surface area contributed by atoms with E-state index < -0.39 is 0 Å². The van der Waals surface area contributed by atoms with Gasteiger partial charge in [0.1, 0.15) is 0 Å². The van der Waals surface area contributed by atoms with Crippen molar-refractivity contribution in [3.05, 3.63) is 0 Å². The number of nitrogens with one attached hydrogen (secondary N) is 1. The molecule has 0 aromatic rings. The van der Waals surface area contributed by atoms with Gasteiger partial charge in [0.2, 0.25) is 5.91 Å². The molecule has 1 saturated carbocycles. The molecular formula is C13H24N2O2. The molecule has 0 aromatic heterocycles. The predicted molar refractivity (Wildman–Crippen MR) is 66.8 cm³/mol. The van der Waals surface area contributed by atoms with Gasteiger partial charge in [-0.15, -0.1) is 0 Å². The first-order chi connectivity index (χ1) is 8.20. The van der Waals surface area contributed by atoms with Gasteiger partial charge in [0.05, 0.1) is 6.61 Å². The van der Waals surface area contributed by atoms with Gasteiger partial charge in [-0.25, -0.2) is 0 Å². The van der Waals surface area contributed by atoms with Crippen LogP contribution in [0, 0.1) is 5.92 Å². The molecule has 0 radical (unpaired) electrons. The first-order valence-electron chi connectivity index (χ1n) is 6.73. The maximum Gasteiger partial charge on any atom is 0.222 e. The van der Waals surface area contributed by atoms with Crippen molar-refractivity contribution in [2.24, 2.45) is 5.92 Å². The Morgan fingerprint density at radius 2 is 2.29 bits per heavy atom. The summed E-state index contributed by atoms with van der Waals surface area (Å²) in [6.45, 7) is 4.72. The third-order valence-corrected chi connectivity index (χ3v) is 3.70. The molecule has 2 unspecified atom stereocenters. The molecule has 4 heteroatoms. The molecule has 17 heavy (non-hydrogen) atoms. The van der Waals surface area contributed by atoms with Gasteiger partial charge in [-0.2, -0.15) is 0 Å². The zero-order chi connectivity index (χ0) is 12.3. The van der Waals surface area contributed by atoms with Crippen LogP contribution in [0.3, 0.4) is 0 Å². The van der Waals surface area contributed by atoms with E-state index in [0.717, 1.165) is 38.5 Å². The molecule has 0 bridgehead atoms. The molecule has 1 N–H and O–H groups in total. The average molecular weight is 240 g/mol. The van der Waals surface area contributed by atoms with Crippen molar-refractivity contribution in [1.29, 1.82) is 0 Å². The Bertz CT molecular complexity index is 266. The number of amides is 1. The normalized spacial score (nSPS) is 24.1. The Kier molecular flexibility index (Phi) is 4.40. The zero-order valence-corrected chi connectivity index (χ0v) is 10.9. The molecular weight excluding hydrogens is 216 g/mol. The van der Waals surface area contributed by atoms with Gasteiger partial charge in [0.25, 0.3) is 0 Å². The molecule has 2 aliphatic rings. The SMILES string of the molecule is COCC(NC(C)CN1CCCC1=O)C1CC1. The van der Waals surface area contributed by atoms with Gasteiger partial charge in [0, 0.05) is 38.7 Å². The van der Waals surface area contributed by atoms with Gasteiger partial charge in [-0.3, -0.25) is 4.79 Å². The second kappa shape index (κ2) is 5.83. The highest BCUT2D eigenvalue weighted by Gasteiger charge is 2.32. The van der Waals surface area contributed by atoms with Crippen LogP contribution in [-0.4, -0.2) is 49.7 Å². The van der Waals surface area contributed by atoms with E-state index >= 15 is 0 Å². The largest absolute Gasteiger partial charge is 0.383 e. The Labute approximate surface area is 104 Å². The molecule has 2 fully saturated rings. The molecule has 98 valence electrons. The van der Waals surface area contributed by atoms with Crippen molar-refractivity contribution < 1.29 is 9.53 Å². The summed E-state index contributed by atoms with van der Waals surface area (Å²) in [5, 5.41) is 3.61. The number of rotatable bonds is 7. The molecule has 0 spiro atoms. The van der Waals surface area contributed by atoms with Crippen LogP contribution in [0.4, 0.5) is 0 Å². The molecule has 1 aliphatic carbocycles. The summed E-state index contributed by atoms with van der Waals surface area (Å²) in [6, 6.07) is 0.825. The van der Waals surface area contributed by atoms with Gasteiger partial charge in [-0.05, 0) is 32.1 Å². The maximum absolute atomic E-state index is 11.5. The maximum atomic E-state index is 11.5. The number of hydrogen-bond acceptors (Lipinski definition) is 3. The quantitative estimate of drug-likeness (QED) is 0.722. The highest BCUT2D eigenvalue weighted by atomic mass is 16.5. The van der Waals surface area contributed by atoms with Gasteiger partial charge in [-0.1, -0.05) is 0 Å². The summed E-state index contributed by atoms with van der Waals surface area (Å²) in [5.41, 5.74) is 0. The Balaban J connectivity index is 1.74. The average Bonchev–Trinajstić information content (AvgIpc) is 3.05. The third-order valence-electron chi connectivity index (χ3n) is 3.70. The lowest BCUT2D eigenvalue weighted by molar-refractivity contribution is -0.128. The molecule has 1 saturated heterocycles. The van der Waals surface area contributed by atoms with Crippen LogP contribution >= 0.6 is 0 Å². The number of ether oxygens (including phenoxy) is 1. The van der Waals surface area contributed by atoms with Crippen molar-refractivity contribution in [2.75, 3.05) is 26.8 Å². The van der Waals surface area contributed by atoms with Crippen LogP contribution in [0.15, 0.2) is 0 Å². The summed E-state index contributed by atoms with van der Waals surface area (Å²) in [4.78, 5) is 13.5. The number of methoxy groups -OCH3 is 1. The van der Waals surface area contributed by atoms with Crippen LogP contribution in [-0.2, 0) is 9.53 Å². The molecule has 1 heterocycles. The fourth-order valence-electron chi connectivity index (χ4n) is 2.64. The lowest BCUT2D eigenvalue weighted by Crippen LogP contribution is -2.46. The number of carbonyl (C=O) groups is 1. The van der Waals surface area contributed by atoms with E-state index in [4.69, 9.17) is 4.74 Å². The second-order valence-electron chi connectivity index (χ2n) is 5.41. The highest BCUT2D eigenvalue weighted by molar-refractivity contribution is 5.78. The minimum Gasteiger partial charge on any atom is -0.383 e. The van der Waals surface area contributed by atoms with Crippen molar-refractivity contribution in [1.82, 2.24) is 10.2 Å². The number of carbonyl (C=O) groups excluding carboxylic acids is 1. The van der Waals surface area contributed by atoms with Crippen LogP contribution in [0.2, 0.25) is 0 Å². The van der Waals surface area contributed by atoms with Crippen LogP contribution in [0.5, 0.6) is 0 Å². The zero-order valence-electron chi connectivity index (χ0n) is 10.9.